The summed E-state index contributed by atoms with van der Waals surface area (Å²) in [5, 5.41) is 17.7. The molecule has 0 N–H and O–H groups in total. The first-order valence-electron chi connectivity index (χ1n) is 9.92. The lowest BCUT2D eigenvalue weighted by Gasteiger charge is -2.25. The average Bonchev–Trinajstić information content (AvgIpc) is 3.46. The van der Waals surface area contributed by atoms with Gasteiger partial charge in [-0.2, -0.15) is 9.61 Å². The van der Waals surface area contributed by atoms with Gasteiger partial charge >= 0.3 is 0 Å². The van der Waals surface area contributed by atoms with Gasteiger partial charge in [0.25, 0.3) is 0 Å². The lowest BCUT2D eigenvalue weighted by Crippen LogP contribution is -2.20. The van der Waals surface area contributed by atoms with E-state index in [1.165, 1.54) is 19.2 Å². The maximum Gasteiger partial charge on any atom is 0.236 e. The Morgan fingerprint density at radius 2 is 1.90 bits per heavy atom. The van der Waals surface area contributed by atoms with E-state index in [1.807, 2.05) is 37.4 Å². The van der Waals surface area contributed by atoms with Crippen molar-refractivity contribution in [2.75, 3.05) is 0 Å². The highest BCUT2D eigenvalue weighted by atomic mass is 16.5. The molecule has 0 aliphatic heterocycles. The van der Waals surface area contributed by atoms with Crippen LogP contribution in [0.25, 0.3) is 17.0 Å². The minimum atomic E-state index is 0.0306. The molecular formula is C21H23N7O. The normalized spacial score (nSPS) is 15.8. The van der Waals surface area contributed by atoms with Crippen LogP contribution in [-0.4, -0.2) is 34.6 Å². The van der Waals surface area contributed by atoms with Crippen LogP contribution in [0, 0.1) is 0 Å². The summed E-state index contributed by atoms with van der Waals surface area (Å²) in [5.41, 5.74) is 2.82. The number of nitrogens with zero attached hydrogens (tertiary/aromatic N) is 7. The molecule has 8 nitrogen and oxygen atoms in total. The fourth-order valence-electron chi connectivity index (χ4n) is 4.13. The molecule has 0 amide bonds. The topological polar surface area (TPSA) is 83.0 Å². The Kier molecular flexibility index (Phi) is 4.26. The van der Waals surface area contributed by atoms with E-state index < -0.39 is 0 Å². The SMILES string of the molecule is Cn1ncnc1COc1nn2c(-c3ccccc3)nnc2cc1C1(C)CCCC1. The zero-order valence-electron chi connectivity index (χ0n) is 16.6. The number of hydrogen-bond donors (Lipinski definition) is 0. The summed E-state index contributed by atoms with van der Waals surface area (Å²) in [6, 6.07) is 12.0. The minimum Gasteiger partial charge on any atom is -0.468 e. The van der Waals surface area contributed by atoms with Crippen LogP contribution in [0.4, 0.5) is 0 Å². The molecule has 0 radical (unpaired) electrons. The number of aryl methyl sites for hydroxylation is 1. The summed E-state index contributed by atoms with van der Waals surface area (Å²) in [6.07, 6.45) is 6.19. The third-order valence-electron chi connectivity index (χ3n) is 5.89. The molecule has 1 aliphatic rings. The van der Waals surface area contributed by atoms with Crippen molar-refractivity contribution < 1.29 is 4.74 Å². The van der Waals surface area contributed by atoms with Crippen LogP contribution in [0.5, 0.6) is 5.88 Å². The molecule has 0 spiro atoms. The van der Waals surface area contributed by atoms with Crippen LogP contribution >= 0.6 is 0 Å². The van der Waals surface area contributed by atoms with E-state index in [2.05, 4.69) is 33.3 Å². The van der Waals surface area contributed by atoms with Crippen LogP contribution in [-0.2, 0) is 19.1 Å². The quantitative estimate of drug-likeness (QED) is 0.521. The van der Waals surface area contributed by atoms with Gasteiger partial charge in [-0.1, -0.05) is 50.1 Å². The highest BCUT2D eigenvalue weighted by Crippen LogP contribution is 2.44. The van der Waals surface area contributed by atoms with Gasteiger partial charge in [0.1, 0.15) is 12.9 Å². The maximum atomic E-state index is 6.20. The van der Waals surface area contributed by atoms with Crippen LogP contribution in [0.15, 0.2) is 42.7 Å². The van der Waals surface area contributed by atoms with Gasteiger partial charge < -0.3 is 4.74 Å². The second kappa shape index (κ2) is 6.95. The third-order valence-corrected chi connectivity index (χ3v) is 5.89. The Balaban J connectivity index is 1.61. The summed E-state index contributed by atoms with van der Waals surface area (Å²) in [6.45, 7) is 2.60. The zero-order chi connectivity index (χ0) is 19.8. The van der Waals surface area contributed by atoms with Crippen LogP contribution in [0.2, 0.25) is 0 Å². The van der Waals surface area contributed by atoms with Crippen molar-refractivity contribution in [1.29, 1.82) is 0 Å². The summed E-state index contributed by atoms with van der Waals surface area (Å²) >= 11 is 0. The Morgan fingerprint density at radius 1 is 1.10 bits per heavy atom. The predicted octanol–water partition coefficient (Wildman–Crippen LogP) is 3.33. The molecule has 0 saturated heterocycles. The van der Waals surface area contributed by atoms with Crippen molar-refractivity contribution in [2.45, 2.75) is 44.6 Å². The number of benzene rings is 1. The molecule has 29 heavy (non-hydrogen) atoms. The van der Waals surface area contributed by atoms with Gasteiger partial charge in [0.05, 0.1) is 0 Å². The molecular weight excluding hydrogens is 366 g/mol. The fourth-order valence-corrected chi connectivity index (χ4v) is 4.13. The first-order chi connectivity index (χ1) is 14.1. The third kappa shape index (κ3) is 3.14. The second-order valence-corrected chi connectivity index (χ2v) is 7.88. The van der Waals surface area contributed by atoms with E-state index in [1.54, 1.807) is 9.20 Å². The van der Waals surface area contributed by atoms with Crippen molar-refractivity contribution in [1.82, 2.24) is 34.6 Å². The van der Waals surface area contributed by atoms with Gasteiger partial charge in [-0.3, -0.25) is 4.68 Å². The molecule has 3 heterocycles. The highest BCUT2D eigenvalue weighted by molar-refractivity contribution is 5.59. The largest absolute Gasteiger partial charge is 0.468 e. The standard InChI is InChI=1S/C21H23N7O/c1-21(10-6-7-11-21)16-12-17-24-25-19(15-8-4-3-5-9-15)28(17)26-20(16)29-13-18-22-14-23-27(18)2/h3-5,8-9,12,14H,6-7,10-11,13H2,1-2H3. The van der Waals surface area contributed by atoms with Gasteiger partial charge in [0.15, 0.2) is 17.3 Å². The smallest absolute Gasteiger partial charge is 0.236 e. The first-order valence-corrected chi connectivity index (χ1v) is 9.92. The number of hydrogen-bond acceptors (Lipinski definition) is 6. The Hall–Kier alpha value is -3.29. The van der Waals surface area contributed by atoms with Crippen LogP contribution in [0.3, 0.4) is 0 Å². The number of aromatic nitrogens is 7. The molecule has 0 unspecified atom stereocenters. The highest BCUT2D eigenvalue weighted by Gasteiger charge is 2.35. The van der Waals surface area contributed by atoms with E-state index in [9.17, 15) is 0 Å². The Morgan fingerprint density at radius 3 is 2.62 bits per heavy atom. The molecule has 1 saturated carbocycles. The number of rotatable bonds is 5. The molecule has 8 heteroatoms. The lowest BCUT2D eigenvalue weighted by atomic mass is 9.81. The molecule has 1 aliphatic carbocycles. The van der Waals surface area contributed by atoms with Crippen molar-refractivity contribution in [3.63, 3.8) is 0 Å². The molecule has 4 aromatic rings. The fraction of sp³-hybridized carbons (Fsp3) is 0.381. The van der Waals surface area contributed by atoms with Crippen LogP contribution < -0.4 is 4.74 Å². The predicted molar refractivity (Wildman–Crippen MR) is 107 cm³/mol. The van der Waals surface area contributed by atoms with Gasteiger partial charge in [0.2, 0.25) is 5.88 Å². The summed E-state index contributed by atoms with van der Waals surface area (Å²) in [7, 11) is 1.86. The van der Waals surface area contributed by atoms with Crippen molar-refractivity contribution in [3.05, 3.63) is 54.1 Å². The maximum absolute atomic E-state index is 6.20. The van der Waals surface area contributed by atoms with Gasteiger partial charge in [-0.15, -0.1) is 15.3 Å². The van der Waals surface area contributed by atoms with Crippen molar-refractivity contribution in [2.24, 2.45) is 7.05 Å². The molecule has 148 valence electrons. The van der Waals surface area contributed by atoms with E-state index in [4.69, 9.17) is 9.84 Å². The van der Waals surface area contributed by atoms with Crippen molar-refractivity contribution >= 4 is 5.65 Å². The van der Waals surface area contributed by atoms with E-state index in [-0.39, 0.29) is 5.41 Å². The molecule has 1 fully saturated rings. The van der Waals surface area contributed by atoms with E-state index >= 15 is 0 Å². The monoisotopic (exact) mass is 389 g/mol. The van der Waals surface area contributed by atoms with Crippen molar-refractivity contribution in [3.8, 4) is 17.3 Å². The number of fused-ring (bicyclic) bond motifs is 1. The van der Waals surface area contributed by atoms with Gasteiger partial charge in [0, 0.05) is 18.2 Å². The van der Waals surface area contributed by atoms with Gasteiger partial charge in [-0.25, -0.2) is 4.98 Å². The summed E-state index contributed by atoms with van der Waals surface area (Å²) < 4.78 is 9.68. The molecule has 0 atom stereocenters. The molecule has 5 rings (SSSR count). The zero-order valence-corrected chi connectivity index (χ0v) is 16.6. The Bertz CT molecular complexity index is 1140. The average molecular weight is 389 g/mol. The Labute approximate surface area is 168 Å². The van der Waals surface area contributed by atoms with Crippen LogP contribution in [0.1, 0.15) is 44.0 Å². The lowest BCUT2D eigenvalue weighted by molar-refractivity contribution is 0.263. The number of ether oxygens (including phenoxy) is 1. The van der Waals surface area contributed by atoms with Gasteiger partial charge in [-0.05, 0) is 24.3 Å². The minimum absolute atomic E-state index is 0.0306. The molecule has 0 bridgehead atoms. The summed E-state index contributed by atoms with van der Waals surface area (Å²) in [4.78, 5) is 4.26. The molecule has 1 aromatic carbocycles. The van der Waals surface area contributed by atoms with E-state index in [0.717, 1.165) is 35.4 Å². The second-order valence-electron chi connectivity index (χ2n) is 7.88. The summed E-state index contributed by atoms with van der Waals surface area (Å²) in [5.74, 6) is 2.07. The van der Waals surface area contributed by atoms with E-state index in [0.29, 0.717) is 18.3 Å². The first kappa shape index (κ1) is 17.8. The molecule has 3 aromatic heterocycles.